The van der Waals surface area contributed by atoms with E-state index in [1.165, 1.54) is 18.4 Å². The number of thiazole rings is 1. The predicted octanol–water partition coefficient (Wildman–Crippen LogP) is 1.35. The third-order valence-corrected chi connectivity index (χ3v) is 1.99. The normalized spacial score (nSPS) is 9.00. The molecule has 0 bridgehead atoms. The topological polar surface area (TPSA) is 43.5 Å². The third-order valence-electron chi connectivity index (χ3n) is 1.16. The number of methoxy groups -OCH3 is 1. The summed E-state index contributed by atoms with van der Waals surface area (Å²) in [5.74, 6) is -0.456. The fraction of sp³-hybridized carbons (Fsp3) is 0.286. The second-order valence-electron chi connectivity index (χ2n) is 1.93. The Hall–Kier alpha value is -1.41. The summed E-state index contributed by atoms with van der Waals surface area (Å²) in [5, 5.41) is 2.23. The highest BCUT2D eigenvalue weighted by molar-refractivity contribution is 7.09. The van der Waals surface area contributed by atoms with Crippen LogP contribution in [0, 0.1) is 6.57 Å². The Balaban J connectivity index is 2.78. The molecule has 1 heterocycles. The Morgan fingerprint density at radius 3 is 3.25 bits per heavy atom. The predicted molar refractivity (Wildman–Crippen MR) is 43.8 cm³/mol. The van der Waals surface area contributed by atoms with Gasteiger partial charge in [-0.25, -0.2) is 16.4 Å². The highest BCUT2D eigenvalue weighted by Gasteiger charge is 2.10. The monoisotopic (exact) mass is 182 g/mol. The van der Waals surface area contributed by atoms with Crippen LogP contribution in [-0.2, 0) is 11.3 Å². The van der Waals surface area contributed by atoms with Gasteiger partial charge in [-0.15, -0.1) is 11.3 Å². The Kier molecular flexibility index (Phi) is 2.77. The van der Waals surface area contributed by atoms with E-state index in [0.717, 1.165) is 0 Å². The van der Waals surface area contributed by atoms with Crippen LogP contribution in [0.5, 0.6) is 0 Å². The molecule has 0 fully saturated rings. The molecule has 1 aromatic heterocycles. The van der Waals surface area contributed by atoms with Crippen molar-refractivity contribution in [1.82, 2.24) is 4.98 Å². The van der Waals surface area contributed by atoms with Gasteiger partial charge in [-0.2, -0.15) is 0 Å². The summed E-state index contributed by atoms with van der Waals surface area (Å²) in [4.78, 5) is 17.9. The lowest BCUT2D eigenvalue weighted by Gasteiger charge is -1.90. The van der Waals surface area contributed by atoms with Crippen molar-refractivity contribution in [2.75, 3.05) is 7.11 Å². The molecule has 0 aliphatic carbocycles. The first-order valence-corrected chi connectivity index (χ1v) is 4.02. The lowest BCUT2D eigenvalue weighted by Crippen LogP contribution is -2.01. The molecule has 1 aromatic rings. The molecule has 12 heavy (non-hydrogen) atoms. The van der Waals surface area contributed by atoms with E-state index in [-0.39, 0.29) is 12.2 Å². The highest BCUT2D eigenvalue weighted by atomic mass is 32.1. The van der Waals surface area contributed by atoms with E-state index in [9.17, 15) is 4.79 Å². The Morgan fingerprint density at radius 1 is 1.92 bits per heavy atom. The number of ether oxygens (including phenoxy) is 1. The zero-order valence-corrected chi connectivity index (χ0v) is 7.22. The molecule has 1 rings (SSSR count). The molecule has 0 unspecified atom stereocenters. The maximum atomic E-state index is 10.9. The van der Waals surface area contributed by atoms with Crippen LogP contribution in [0.1, 0.15) is 15.5 Å². The van der Waals surface area contributed by atoms with Crippen LogP contribution in [0.4, 0.5) is 0 Å². The van der Waals surface area contributed by atoms with Crippen LogP contribution >= 0.6 is 11.3 Å². The average Bonchev–Trinajstić information content (AvgIpc) is 2.52. The largest absolute Gasteiger partial charge is 0.464 e. The lowest BCUT2D eigenvalue weighted by molar-refractivity contribution is 0.0595. The van der Waals surface area contributed by atoms with E-state index < -0.39 is 5.97 Å². The third kappa shape index (κ3) is 1.80. The van der Waals surface area contributed by atoms with E-state index in [4.69, 9.17) is 6.57 Å². The first kappa shape index (κ1) is 8.68. The van der Waals surface area contributed by atoms with Crippen molar-refractivity contribution < 1.29 is 9.53 Å². The van der Waals surface area contributed by atoms with Crippen LogP contribution in [0.15, 0.2) is 5.38 Å². The van der Waals surface area contributed by atoms with Crippen LogP contribution in [0.2, 0.25) is 0 Å². The zero-order valence-electron chi connectivity index (χ0n) is 6.40. The first-order valence-electron chi connectivity index (χ1n) is 3.14. The lowest BCUT2D eigenvalue weighted by atomic mass is 10.5. The van der Waals surface area contributed by atoms with E-state index in [1.807, 2.05) is 0 Å². The molecule has 0 spiro atoms. The first-order chi connectivity index (χ1) is 5.77. The van der Waals surface area contributed by atoms with Crippen LogP contribution < -0.4 is 0 Å². The van der Waals surface area contributed by atoms with Gasteiger partial charge < -0.3 is 9.58 Å². The fourth-order valence-electron chi connectivity index (χ4n) is 0.649. The number of hydrogen-bond donors (Lipinski definition) is 0. The molecule has 0 N–H and O–H groups in total. The Bertz CT molecular complexity index is 326. The van der Waals surface area contributed by atoms with Crippen molar-refractivity contribution in [2.24, 2.45) is 0 Å². The molecule has 0 aromatic carbocycles. The summed E-state index contributed by atoms with van der Waals surface area (Å²) in [6.07, 6.45) is 0. The number of carbonyl (C=O) groups is 1. The molecule has 0 atom stereocenters. The molecule has 0 aliphatic heterocycles. The number of esters is 1. The minimum absolute atomic E-state index is 0.224. The summed E-state index contributed by atoms with van der Waals surface area (Å²) in [7, 11) is 1.30. The molecule has 0 saturated carbocycles. The van der Waals surface area contributed by atoms with Crippen LogP contribution in [0.25, 0.3) is 4.85 Å². The van der Waals surface area contributed by atoms with Gasteiger partial charge in [0.15, 0.2) is 10.7 Å². The quantitative estimate of drug-likeness (QED) is 0.512. The SMILES string of the molecule is [C-]#[N+]Cc1nc(C(=O)OC)cs1. The molecular formula is C7H6N2O2S. The molecule has 4 nitrogen and oxygen atoms in total. The smallest absolute Gasteiger partial charge is 0.357 e. The number of carbonyl (C=O) groups excluding carboxylic acids is 1. The van der Waals surface area contributed by atoms with E-state index >= 15 is 0 Å². The van der Waals surface area contributed by atoms with Gasteiger partial charge in [0.05, 0.1) is 7.11 Å². The Labute approximate surface area is 73.6 Å². The van der Waals surface area contributed by atoms with Crippen molar-refractivity contribution in [3.8, 4) is 0 Å². The van der Waals surface area contributed by atoms with Crippen molar-refractivity contribution >= 4 is 17.3 Å². The van der Waals surface area contributed by atoms with Gasteiger partial charge in [0.1, 0.15) is 0 Å². The minimum Gasteiger partial charge on any atom is -0.464 e. The van der Waals surface area contributed by atoms with Gasteiger partial charge in [-0.05, 0) is 0 Å². The van der Waals surface area contributed by atoms with E-state index in [2.05, 4.69) is 14.6 Å². The Morgan fingerprint density at radius 2 is 2.67 bits per heavy atom. The van der Waals surface area contributed by atoms with Gasteiger partial charge in [0.25, 0.3) is 6.54 Å². The summed E-state index contributed by atoms with van der Waals surface area (Å²) in [5.41, 5.74) is 0.279. The second kappa shape index (κ2) is 3.83. The average molecular weight is 182 g/mol. The van der Waals surface area contributed by atoms with Crippen LogP contribution in [0.3, 0.4) is 0 Å². The maximum absolute atomic E-state index is 10.9. The van der Waals surface area contributed by atoms with Gasteiger partial charge in [0, 0.05) is 5.38 Å². The molecule has 62 valence electrons. The van der Waals surface area contributed by atoms with Gasteiger partial charge >= 0.3 is 5.97 Å². The second-order valence-corrected chi connectivity index (χ2v) is 2.88. The molecular weight excluding hydrogens is 176 g/mol. The summed E-state index contributed by atoms with van der Waals surface area (Å²) >= 11 is 1.29. The molecule has 5 heteroatoms. The van der Waals surface area contributed by atoms with E-state index in [0.29, 0.717) is 5.01 Å². The molecule has 0 aliphatic rings. The van der Waals surface area contributed by atoms with Crippen LogP contribution in [-0.4, -0.2) is 18.1 Å². The number of rotatable bonds is 2. The van der Waals surface area contributed by atoms with Crippen molar-refractivity contribution in [2.45, 2.75) is 6.54 Å². The highest BCUT2D eigenvalue weighted by Crippen LogP contribution is 2.11. The van der Waals surface area contributed by atoms with Gasteiger partial charge in [-0.1, -0.05) is 0 Å². The fourth-order valence-corrected chi connectivity index (χ4v) is 1.34. The summed E-state index contributed by atoms with van der Waals surface area (Å²) in [6.45, 7) is 6.80. The summed E-state index contributed by atoms with van der Waals surface area (Å²) in [6, 6.07) is 0. The van der Waals surface area contributed by atoms with Gasteiger partial charge in [0.2, 0.25) is 0 Å². The maximum Gasteiger partial charge on any atom is 0.357 e. The van der Waals surface area contributed by atoms with Gasteiger partial charge in [-0.3, -0.25) is 0 Å². The molecule has 0 saturated heterocycles. The van der Waals surface area contributed by atoms with Crippen molar-refractivity contribution in [1.29, 1.82) is 0 Å². The standard InChI is InChI=1S/C7H6N2O2S/c1-8-3-6-9-5(4-12-6)7(10)11-2/h4H,3H2,2H3. The zero-order chi connectivity index (χ0) is 8.97. The molecule has 0 amide bonds. The van der Waals surface area contributed by atoms with Crippen molar-refractivity contribution in [3.63, 3.8) is 0 Å². The summed E-state index contributed by atoms with van der Waals surface area (Å²) < 4.78 is 4.46. The molecule has 0 radical (unpaired) electrons. The minimum atomic E-state index is -0.456. The number of hydrogen-bond acceptors (Lipinski definition) is 4. The number of aromatic nitrogens is 1. The van der Waals surface area contributed by atoms with Crippen molar-refractivity contribution in [3.05, 3.63) is 27.5 Å². The van der Waals surface area contributed by atoms with E-state index in [1.54, 1.807) is 5.38 Å². The number of nitrogens with zero attached hydrogens (tertiary/aromatic N) is 2.